The fraction of sp³-hybridized carbons (Fsp3) is 0.667. The molecule has 2 aliphatic rings. The third kappa shape index (κ3) is 1.31. The smallest absolute Gasteiger partial charge is 0.335 e. The van der Waals surface area contributed by atoms with Crippen LogP contribution in [0.5, 0.6) is 0 Å². The molecule has 0 saturated carbocycles. The van der Waals surface area contributed by atoms with Gasteiger partial charge in [0.25, 0.3) is 0 Å². The number of carbonyl (C=O) groups is 1. The van der Waals surface area contributed by atoms with Gasteiger partial charge in [-0.3, -0.25) is 0 Å². The molecule has 0 spiro atoms. The molecule has 0 aromatic rings. The molecule has 1 saturated heterocycles. The second kappa shape index (κ2) is 2.81. The number of rotatable bonds is 2. The first-order valence-corrected chi connectivity index (χ1v) is 4.45. The number of hydrogen-bond acceptors (Lipinski definition) is 3. The molecule has 12 heavy (non-hydrogen) atoms. The summed E-state index contributed by atoms with van der Waals surface area (Å²) >= 11 is 0. The quantitative estimate of drug-likeness (QED) is 0.452. The van der Waals surface area contributed by atoms with E-state index >= 15 is 0 Å². The van der Waals surface area contributed by atoms with Crippen LogP contribution in [0.2, 0.25) is 0 Å². The molecule has 0 aliphatic carbocycles. The molecule has 1 fully saturated rings. The van der Waals surface area contributed by atoms with Crippen LogP contribution < -0.4 is 0 Å². The number of carbonyl (C=O) groups excluding carboxylic acids is 1. The van der Waals surface area contributed by atoms with E-state index in [1.807, 2.05) is 13.1 Å². The molecule has 3 nitrogen and oxygen atoms in total. The monoisotopic (exact) mass is 167 g/mol. The topological polar surface area (TPSA) is 29.3 Å². The van der Waals surface area contributed by atoms with Crippen molar-refractivity contribution in [3.63, 3.8) is 0 Å². The maximum absolute atomic E-state index is 11.2. The van der Waals surface area contributed by atoms with E-state index < -0.39 is 0 Å². The van der Waals surface area contributed by atoms with Gasteiger partial charge in [-0.2, -0.15) is 0 Å². The van der Waals surface area contributed by atoms with Gasteiger partial charge in [0.1, 0.15) is 0 Å². The van der Waals surface area contributed by atoms with Crippen molar-refractivity contribution in [3.8, 4) is 0 Å². The van der Waals surface area contributed by atoms with E-state index in [0.717, 1.165) is 31.0 Å². The number of nitrogens with zero attached hydrogens (tertiary/aromatic N) is 1. The van der Waals surface area contributed by atoms with Crippen LogP contribution in [0.4, 0.5) is 0 Å². The summed E-state index contributed by atoms with van der Waals surface area (Å²) in [4.78, 5) is 13.4. The molecule has 1 unspecified atom stereocenters. The Morgan fingerprint density at radius 1 is 1.83 bits per heavy atom. The minimum Gasteiger partial charge on any atom is -0.463 e. The van der Waals surface area contributed by atoms with Crippen molar-refractivity contribution in [2.45, 2.75) is 25.8 Å². The average molecular weight is 167 g/mol. The highest BCUT2D eigenvalue weighted by Gasteiger charge is 2.35. The van der Waals surface area contributed by atoms with E-state index in [1.54, 1.807) is 0 Å². The molecule has 2 aliphatic heterocycles. The summed E-state index contributed by atoms with van der Waals surface area (Å²) in [6, 6.07) is 0.725. The minimum absolute atomic E-state index is 0.136. The van der Waals surface area contributed by atoms with Crippen molar-refractivity contribution in [1.82, 2.24) is 4.90 Å². The Labute approximate surface area is 72.0 Å². The van der Waals surface area contributed by atoms with Crippen LogP contribution in [0.3, 0.4) is 0 Å². The zero-order chi connectivity index (χ0) is 8.55. The molecule has 0 N–H and O–H groups in total. The fourth-order valence-corrected chi connectivity index (χ4v) is 1.58. The Hall–Kier alpha value is -0.990. The molecule has 1 atom stereocenters. The summed E-state index contributed by atoms with van der Waals surface area (Å²) in [6.45, 7) is 3.43. The van der Waals surface area contributed by atoms with Crippen molar-refractivity contribution >= 4 is 5.97 Å². The van der Waals surface area contributed by atoms with E-state index in [4.69, 9.17) is 4.74 Å². The van der Waals surface area contributed by atoms with E-state index in [2.05, 4.69) is 4.90 Å². The van der Waals surface area contributed by atoms with Crippen molar-refractivity contribution in [2.75, 3.05) is 13.2 Å². The number of fused-ring (bicyclic) bond motifs is 1. The summed E-state index contributed by atoms with van der Waals surface area (Å²) in [6.07, 6.45) is 3.96. The van der Waals surface area contributed by atoms with Crippen LogP contribution in [0.15, 0.2) is 11.8 Å². The normalized spacial score (nSPS) is 25.9. The standard InChI is InChI=1S/C9H13NO2/c1-2-12-9(11)7-3-4-8-6-10(8)5-7/h5,8H,2-4,6H2,1H3. The average Bonchev–Trinajstić information content (AvgIpc) is 2.81. The molecule has 2 rings (SSSR count). The Morgan fingerprint density at radius 3 is 3.33 bits per heavy atom. The van der Waals surface area contributed by atoms with Crippen molar-refractivity contribution in [3.05, 3.63) is 11.8 Å². The Bertz CT molecular complexity index is 235. The van der Waals surface area contributed by atoms with Gasteiger partial charge in [-0.1, -0.05) is 0 Å². The van der Waals surface area contributed by atoms with Crippen LogP contribution in [0.25, 0.3) is 0 Å². The molecule has 2 heterocycles. The maximum atomic E-state index is 11.2. The summed E-state index contributed by atoms with van der Waals surface area (Å²) in [5, 5.41) is 0. The van der Waals surface area contributed by atoms with Crippen LogP contribution in [0.1, 0.15) is 19.8 Å². The number of hydrogen-bond donors (Lipinski definition) is 0. The number of ether oxygens (including phenoxy) is 1. The highest BCUT2D eigenvalue weighted by atomic mass is 16.5. The van der Waals surface area contributed by atoms with Crippen LogP contribution in [-0.4, -0.2) is 30.1 Å². The lowest BCUT2D eigenvalue weighted by atomic mass is 10.1. The van der Waals surface area contributed by atoms with Gasteiger partial charge in [-0.05, 0) is 19.8 Å². The largest absolute Gasteiger partial charge is 0.463 e. The zero-order valence-electron chi connectivity index (χ0n) is 7.25. The SMILES string of the molecule is CCOC(=O)C1=CN2CC2CC1. The Balaban J connectivity index is 1.98. The Kier molecular flexibility index (Phi) is 1.79. The third-order valence-electron chi connectivity index (χ3n) is 2.36. The van der Waals surface area contributed by atoms with Gasteiger partial charge in [-0.25, -0.2) is 4.79 Å². The molecule has 0 aromatic carbocycles. The summed E-state index contributed by atoms with van der Waals surface area (Å²) in [7, 11) is 0. The minimum atomic E-state index is -0.136. The summed E-state index contributed by atoms with van der Waals surface area (Å²) in [5.41, 5.74) is 0.839. The summed E-state index contributed by atoms with van der Waals surface area (Å²) in [5.74, 6) is -0.136. The van der Waals surface area contributed by atoms with Gasteiger partial charge in [0.05, 0.1) is 12.2 Å². The van der Waals surface area contributed by atoms with Crippen LogP contribution >= 0.6 is 0 Å². The van der Waals surface area contributed by atoms with Crippen molar-refractivity contribution < 1.29 is 9.53 Å². The zero-order valence-corrected chi connectivity index (χ0v) is 7.25. The van der Waals surface area contributed by atoms with Crippen molar-refractivity contribution in [2.24, 2.45) is 0 Å². The predicted octanol–water partition coefficient (Wildman–Crippen LogP) is 0.911. The highest BCUT2D eigenvalue weighted by molar-refractivity contribution is 5.88. The van der Waals surface area contributed by atoms with Gasteiger partial charge < -0.3 is 9.64 Å². The molecule has 0 aromatic heterocycles. The second-order valence-electron chi connectivity index (χ2n) is 3.26. The first-order chi connectivity index (χ1) is 5.81. The third-order valence-corrected chi connectivity index (χ3v) is 2.36. The van der Waals surface area contributed by atoms with Crippen molar-refractivity contribution in [1.29, 1.82) is 0 Å². The van der Waals surface area contributed by atoms with Crippen LogP contribution in [0, 0.1) is 0 Å². The van der Waals surface area contributed by atoms with Crippen LogP contribution in [-0.2, 0) is 9.53 Å². The Morgan fingerprint density at radius 2 is 2.67 bits per heavy atom. The second-order valence-corrected chi connectivity index (χ2v) is 3.26. The van der Waals surface area contributed by atoms with Gasteiger partial charge in [0.15, 0.2) is 0 Å². The van der Waals surface area contributed by atoms with Gasteiger partial charge >= 0.3 is 5.97 Å². The lowest BCUT2D eigenvalue weighted by molar-refractivity contribution is -0.138. The lowest BCUT2D eigenvalue weighted by Gasteiger charge is -2.11. The predicted molar refractivity (Wildman–Crippen MR) is 44.4 cm³/mol. The van der Waals surface area contributed by atoms with E-state index in [0.29, 0.717) is 6.61 Å². The first kappa shape index (κ1) is 7.65. The molecule has 0 bridgehead atoms. The van der Waals surface area contributed by atoms with Gasteiger partial charge in [0.2, 0.25) is 0 Å². The van der Waals surface area contributed by atoms with Gasteiger partial charge in [0, 0.05) is 18.8 Å². The molecule has 0 radical (unpaired) electrons. The van der Waals surface area contributed by atoms with Gasteiger partial charge in [-0.15, -0.1) is 0 Å². The molecule has 0 amide bonds. The van der Waals surface area contributed by atoms with E-state index in [9.17, 15) is 4.79 Å². The summed E-state index contributed by atoms with van der Waals surface area (Å²) < 4.78 is 4.91. The van der Waals surface area contributed by atoms with E-state index in [1.165, 1.54) is 0 Å². The molecular weight excluding hydrogens is 154 g/mol. The molecular formula is C9H13NO2. The fourth-order valence-electron chi connectivity index (χ4n) is 1.58. The molecule has 3 heteroatoms. The maximum Gasteiger partial charge on any atom is 0.335 e. The number of esters is 1. The van der Waals surface area contributed by atoms with E-state index in [-0.39, 0.29) is 5.97 Å². The molecule has 66 valence electrons. The first-order valence-electron chi connectivity index (χ1n) is 4.45. The lowest BCUT2D eigenvalue weighted by Crippen LogP contribution is -2.13. The highest BCUT2D eigenvalue weighted by Crippen LogP contribution is 2.31.